The number of hydrogen-bond donors (Lipinski definition) is 1. The zero-order chi connectivity index (χ0) is 17.1. The van der Waals surface area contributed by atoms with E-state index in [0.717, 1.165) is 11.3 Å². The second-order valence-electron chi connectivity index (χ2n) is 5.67. The highest BCUT2D eigenvalue weighted by Gasteiger charge is 2.12. The van der Waals surface area contributed by atoms with Crippen molar-refractivity contribution in [3.05, 3.63) is 53.1 Å². The number of rotatable bonds is 5. The molecule has 2 aromatic carbocycles. The van der Waals surface area contributed by atoms with Gasteiger partial charge in [0.15, 0.2) is 5.58 Å². The molecule has 3 rings (SSSR count). The van der Waals surface area contributed by atoms with E-state index in [4.69, 9.17) is 16.0 Å². The van der Waals surface area contributed by atoms with Crippen LogP contribution < -0.4 is 5.32 Å². The normalized spacial score (nSPS) is 11.2. The number of fused-ring (bicyclic) bond motifs is 1. The van der Waals surface area contributed by atoms with E-state index in [-0.39, 0.29) is 11.7 Å². The van der Waals surface area contributed by atoms with Gasteiger partial charge in [0.25, 0.3) is 5.22 Å². The van der Waals surface area contributed by atoms with E-state index in [1.807, 2.05) is 24.3 Å². The van der Waals surface area contributed by atoms with E-state index in [9.17, 15) is 4.79 Å². The van der Waals surface area contributed by atoms with Crippen LogP contribution in [0, 0.1) is 0 Å². The summed E-state index contributed by atoms with van der Waals surface area (Å²) in [6.07, 6.45) is 0. The SMILES string of the molecule is CC(C)c1ccccc1NC(=O)CSc1nc2cc(Cl)ccc2o1. The molecule has 1 N–H and O–H groups in total. The first-order valence-corrected chi connectivity index (χ1v) is 8.97. The minimum atomic E-state index is -0.0895. The third kappa shape index (κ3) is 3.91. The Morgan fingerprint density at radius 2 is 2.08 bits per heavy atom. The third-order valence-corrected chi connectivity index (χ3v) is 4.58. The summed E-state index contributed by atoms with van der Waals surface area (Å²) >= 11 is 7.19. The van der Waals surface area contributed by atoms with Crippen molar-refractivity contribution < 1.29 is 9.21 Å². The maximum atomic E-state index is 12.2. The fourth-order valence-electron chi connectivity index (χ4n) is 2.37. The Bertz CT molecular complexity index is 876. The van der Waals surface area contributed by atoms with Crippen LogP contribution in [-0.4, -0.2) is 16.6 Å². The van der Waals surface area contributed by atoms with Gasteiger partial charge >= 0.3 is 0 Å². The highest BCUT2D eigenvalue weighted by Crippen LogP contribution is 2.27. The molecule has 1 amide bonds. The van der Waals surface area contributed by atoms with Gasteiger partial charge in [-0.15, -0.1) is 0 Å². The van der Waals surface area contributed by atoms with E-state index in [2.05, 4.69) is 24.1 Å². The number of oxazole rings is 1. The van der Waals surface area contributed by atoms with Gasteiger partial charge in [-0.05, 0) is 35.7 Å². The first-order valence-electron chi connectivity index (χ1n) is 7.60. The number of benzene rings is 2. The number of aromatic nitrogens is 1. The first-order chi connectivity index (χ1) is 11.5. The average molecular weight is 361 g/mol. The van der Waals surface area contributed by atoms with Crippen LogP contribution >= 0.6 is 23.4 Å². The van der Waals surface area contributed by atoms with Gasteiger partial charge in [-0.25, -0.2) is 4.98 Å². The van der Waals surface area contributed by atoms with Crippen LogP contribution in [0.3, 0.4) is 0 Å². The molecule has 0 fully saturated rings. The number of hydrogen-bond acceptors (Lipinski definition) is 4. The van der Waals surface area contributed by atoms with Crippen LogP contribution in [0.25, 0.3) is 11.1 Å². The number of nitrogens with zero attached hydrogens (tertiary/aromatic N) is 1. The Balaban J connectivity index is 1.65. The zero-order valence-corrected chi connectivity index (χ0v) is 14.9. The number of anilines is 1. The average Bonchev–Trinajstić information content (AvgIpc) is 2.95. The molecule has 1 aromatic heterocycles. The molecule has 24 heavy (non-hydrogen) atoms. The molecule has 0 spiro atoms. The van der Waals surface area contributed by atoms with Gasteiger partial charge < -0.3 is 9.73 Å². The Kier molecular flexibility index (Phi) is 5.11. The lowest BCUT2D eigenvalue weighted by Gasteiger charge is -2.13. The standard InChI is InChI=1S/C18H17ClN2O2S/c1-11(2)13-5-3-4-6-14(13)20-17(22)10-24-18-21-15-9-12(19)7-8-16(15)23-18/h3-9,11H,10H2,1-2H3,(H,20,22). The van der Waals surface area contributed by atoms with E-state index < -0.39 is 0 Å². The van der Waals surface area contributed by atoms with Crippen molar-refractivity contribution in [3.63, 3.8) is 0 Å². The summed E-state index contributed by atoms with van der Waals surface area (Å²) in [4.78, 5) is 16.5. The smallest absolute Gasteiger partial charge is 0.257 e. The molecule has 1 heterocycles. The van der Waals surface area contributed by atoms with E-state index in [0.29, 0.717) is 27.3 Å². The van der Waals surface area contributed by atoms with Crippen molar-refractivity contribution in [1.82, 2.24) is 4.98 Å². The molecule has 0 saturated heterocycles. The van der Waals surface area contributed by atoms with Gasteiger partial charge in [0.1, 0.15) is 5.52 Å². The van der Waals surface area contributed by atoms with Crippen LogP contribution in [0.15, 0.2) is 52.1 Å². The number of para-hydroxylation sites is 1. The molecule has 0 atom stereocenters. The molecule has 0 saturated carbocycles. The Labute approximate surface area is 149 Å². The van der Waals surface area contributed by atoms with Crippen molar-refractivity contribution >= 4 is 46.1 Å². The highest BCUT2D eigenvalue weighted by atomic mass is 35.5. The topological polar surface area (TPSA) is 55.1 Å². The molecular formula is C18H17ClN2O2S. The lowest BCUT2D eigenvalue weighted by atomic mass is 10.0. The van der Waals surface area contributed by atoms with Gasteiger partial charge in [0, 0.05) is 10.7 Å². The molecule has 0 bridgehead atoms. The first kappa shape index (κ1) is 16.9. The van der Waals surface area contributed by atoms with Crippen LogP contribution in [0.4, 0.5) is 5.69 Å². The quantitative estimate of drug-likeness (QED) is 0.624. The lowest BCUT2D eigenvalue weighted by molar-refractivity contribution is -0.113. The summed E-state index contributed by atoms with van der Waals surface area (Å²) in [6, 6.07) is 13.1. The van der Waals surface area contributed by atoms with Crippen molar-refractivity contribution in [3.8, 4) is 0 Å². The number of halogens is 1. The number of carbonyl (C=O) groups excluding carboxylic acids is 1. The fourth-order valence-corrected chi connectivity index (χ4v) is 3.17. The summed E-state index contributed by atoms with van der Waals surface area (Å²) < 4.78 is 5.60. The third-order valence-electron chi connectivity index (χ3n) is 3.51. The Morgan fingerprint density at radius 1 is 1.29 bits per heavy atom. The molecule has 0 radical (unpaired) electrons. The summed E-state index contributed by atoms with van der Waals surface area (Å²) in [7, 11) is 0. The minimum absolute atomic E-state index is 0.0895. The van der Waals surface area contributed by atoms with E-state index in [1.165, 1.54) is 11.8 Å². The number of nitrogens with one attached hydrogen (secondary N) is 1. The molecule has 3 aromatic rings. The van der Waals surface area contributed by atoms with Gasteiger partial charge in [-0.3, -0.25) is 4.79 Å². The van der Waals surface area contributed by atoms with Crippen molar-refractivity contribution in [1.29, 1.82) is 0 Å². The van der Waals surface area contributed by atoms with Crippen molar-refractivity contribution in [2.24, 2.45) is 0 Å². The molecular weight excluding hydrogens is 344 g/mol. The van der Waals surface area contributed by atoms with Crippen LogP contribution in [-0.2, 0) is 4.79 Å². The molecule has 0 aliphatic rings. The molecule has 0 aliphatic carbocycles. The maximum absolute atomic E-state index is 12.2. The summed E-state index contributed by atoms with van der Waals surface area (Å²) in [6.45, 7) is 4.20. The predicted molar refractivity (Wildman–Crippen MR) is 98.9 cm³/mol. The van der Waals surface area contributed by atoms with Crippen LogP contribution in [0.1, 0.15) is 25.3 Å². The second-order valence-corrected chi connectivity index (χ2v) is 7.03. The molecule has 0 unspecified atom stereocenters. The number of carbonyl (C=O) groups is 1. The van der Waals surface area contributed by atoms with Gasteiger partial charge in [0.05, 0.1) is 5.75 Å². The number of amides is 1. The Hall–Kier alpha value is -1.98. The molecule has 6 heteroatoms. The molecule has 124 valence electrons. The monoisotopic (exact) mass is 360 g/mol. The van der Waals surface area contributed by atoms with Crippen LogP contribution in [0.2, 0.25) is 5.02 Å². The maximum Gasteiger partial charge on any atom is 0.257 e. The van der Waals surface area contributed by atoms with Crippen LogP contribution in [0.5, 0.6) is 0 Å². The molecule has 4 nitrogen and oxygen atoms in total. The van der Waals surface area contributed by atoms with Gasteiger partial charge in [0.2, 0.25) is 5.91 Å². The predicted octanol–water partition coefficient (Wildman–Crippen LogP) is 5.34. The second kappa shape index (κ2) is 7.28. The van der Waals surface area contributed by atoms with Gasteiger partial charge in [-0.2, -0.15) is 0 Å². The molecule has 0 aliphatic heterocycles. The summed E-state index contributed by atoms with van der Waals surface area (Å²) in [5.74, 6) is 0.483. The lowest BCUT2D eigenvalue weighted by Crippen LogP contribution is -2.15. The van der Waals surface area contributed by atoms with E-state index in [1.54, 1.807) is 18.2 Å². The number of thioether (sulfide) groups is 1. The summed E-state index contributed by atoms with van der Waals surface area (Å²) in [5.41, 5.74) is 3.32. The highest BCUT2D eigenvalue weighted by molar-refractivity contribution is 7.99. The zero-order valence-electron chi connectivity index (χ0n) is 13.4. The summed E-state index contributed by atoms with van der Waals surface area (Å²) in [5, 5.41) is 4.02. The largest absolute Gasteiger partial charge is 0.431 e. The van der Waals surface area contributed by atoms with Crippen molar-refractivity contribution in [2.45, 2.75) is 25.0 Å². The van der Waals surface area contributed by atoms with Crippen molar-refractivity contribution in [2.75, 3.05) is 11.1 Å². The van der Waals surface area contributed by atoms with E-state index >= 15 is 0 Å². The van der Waals surface area contributed by atoms with Gasteiger partial charge in [-0.1, -0.05) is 55.4 Å². The fraction of sp³-hybridized carbons (Fsp3) is 0.222. The Morgan fingerprint density at radius 3 is 2.88 bits per heavy atom. The minimum Gasteiger partial charge on any atom is -0.431 e.